The van der Waals surface area contributed by atoms with Crippen molar-refractivity contribution in [1.82, 2.24) is 50.1 Å². The van der Waals surface area contributed by atoms with Crippen LogP contribution in [0.25, 0.3) is 33.4 Å². The van der Waals surface area contributed by atoms with Gasteiger partial charge in [0.2, 0.25) is 23.7 Å². The van der Waals surface area contributed by atoms with E-state index in [2.05, 4.69) is 51.4 Å². The Hall–Kier alpha value is -6.04. The Balaban J connectivity index is 0.000000199. The van der Waals surface area contributed by atoms with Crippen LogP contribution in [-0.4, -0.2) is 111 Å². The van der Waals surface area contributed by atoms with Crippen molar-refractivity contribution < 1.29 is 24.9 Å². The first-order valence-corrected chi connectivity index (χ1v) is 21.8. The predicted octanol–water partition coefficient (Wildman–Crippen LogP) is 4.96. The third-order valence-electron chi connectivity index (χ3n) is 11.3. The average Bonchev–Trinajstić information content (AvgIpc) is 3.97. The molecule has 2 unspecified atom stereocenters. The smallest absolute Gasteiger partial charge is 0.224 e. The molecule has 0 saturated heterocycles. The van der Waals surface area contributed by atoms with Crippen LogP contribution in [-0.2, 0) is 9.59 Å². The third kappa shape index (κ3) is 11.9. The average molecular weight is 849 g/mol. The lowest BCUT2D eigenvalue weighted by Gasteiger charge is -2.29. The normalized spacial score (nSPS) is 19.5. The van der Waals surface area contributed by atoms with Crippen molar-refractivity contribution in [1.29, 1.82) is 0 Å². The molecule has 8 rings (SSSR count). The van der Waals surface area contributed by atoms with Crippen LogP contribution in [0.5, 0.6) is 0 Å². The van der Waals surface area contributed by atoms with Crippen LogP contribution in [0.15, 0.2) is 85.5 Å². The molecule has 17 nitrogen and oxygen atoms in total. The molecule has 2 aliphatic rings. The van der Waals surface area contributed by atoms with Crippen LogP contribution in [0.4, 0.5) is 11.9 Å². The summed E-state index contributed by atoms with van der Waals surface area (Å²) in [5.41, 5.74) is 1.99. The molecule has 0 bridgehead atoms. The number of amides is 2. The molecular formula is C45H60N12O5. The largest absolute Gasteiger partial charge is 0.394 e. The molecule has 7 N–H and O–H groups in total. The van der Waals surface area contributed by atoms with Gasteiger partial charge in [-0.15, -0.1) is 0 Å². The van der Waals surface area contributed by atoms with Crippen LogP contribution in [0.2, 0.25) is 0 Å². The van der Waals surface area contributed by atoms with Crippen molar-refractivity contribution in [3.05, 3.63) is 85.5 Å². The summed E-state index contributed by atoms with van der Waals surface area (Å²) in [5, 5.41) is 50.9. The first-order valence-electron chi connectivity index (χ1n) is 21.8. The number of fused-ring (bicyclic) bond motifs is 2. The Kier molecular flexibility index (Phi) is 16.7. The van der Waals surface area contributed by atoms with Crippen LogP contribution in [0.3, 0.4) is 0 Å². The molecular weight excluding hydrogens is 789 g/mol. The van der Waals surface area contributed by atoms with E-state index in [-0.39, 0.29) is 61.5 Å². The molecule has 4 aromatic heterocycles. The van der Waals surface area contributed by atoms with E-state index < -0.39 is 6.10 Å². The molecule has 2 aromatic carbocycles. The molecule has 62 heavy (non-hydrogen) atoms. The second kappa shape index (κ2) is 22.7. The number of aromatic nitrogens is 8. The standard InChI is InChI=1S/C22H28N6O2.C21H26N6O3.C2H6/c1-2-17(14-29)25-21(30)15-7-9-18(10-8-15)26-22-23-12-11-20(27-22)28-19-6-4-3-5-16(19)13-24-28;28-13-17(29)12-23-20(30)14-5-7-16(8-6-14)25-21-22-10-9-19(26-21)27-18-4-2-1-3-15(18)11-24-27;1-2/h3-6,11-13,15,17-18,29H,2,7-10,14H2,1H3,(H,25,30)(H,23,26,27);1-4,9-11,14,16-17,28-29H,5-8,12-13H2,(H,23,30)(H,22,25,26);1-2H3. The van der Waals surface area contributed by atoms with Crippen molar-refractivity contribution in [3.63, 3.8) is 0 Å². The van der Waals surface area contributed by atoms with Gasteiger partial charge in [-0.1, -0.05) is 57.2 Å². The van der Waals surface area contributed by atoms with Gasteiger partial charge in [0.05, 0.1) is 48.8 Å². The van der Waals surface area contributed by atoms with Gasteiger partial charge in [0, 0.05) is 65.8 Å². The van der Waals surface area contributed by atoms with Gasteiger partial charge in [-0.2, -0.15) is 20.2 Å². The highest BCUT2D eigenvalue weighted by atomic mass is 16.3. The Labute approximate surface area is 361 Å². The van der Waals surface area contributed by atoms with E-state index in [0.717, 1.165) is 85.4 Å². The number of rotatable bonds is 14. The summed E-state index contributed by atoms with van der Waals surface area (Å²) in [7, 11) is 0. The Morgan fingerprint density at radius 1 is 0.677 bits per heavy atom. The van der Waals surface area contributed by atoms with Crippen LogP contribution in [0, 0.1) is 11.8 Å². The van der Waals surface area contributed by atoms with Crippen molar-refractivity contribution in [2.45, 2.75) is 103 Å². The second-order valence-electron chi connectivity index (χ2n) is 15.5. The highest BCUT2D eigenvalue weighted by Crippen LogP contribution is 2.28. The third-order valence-corrected chi connectivity index (χ3v) is 11.3. The highest BCUT2D eigenvalue weighted by Gasteiger charge is 2.29. The zero-order chi connectivity index (χ0) is 43.8. The number of benzene rings is 2. The van der Waals surface area contributed by atoms with Crippen LogP contribution < -0.4 is 21.3 Å². The maximum Gasteiger partial charge on any atom is 0.224 e. The Morgan fingerprint density at radius 3 is 1.60 bits per heavy atom. The van der Waals surface area contributed by atoms with Crippen LogP contribution in [0.1, 0.15) is 78.6 Å². The van der Waals surface area contributed by atoms with E-state index in [1.807, 2.05) is 98.5 Å². The Bertz CT molecular complexity index is 2320. The molecule has 0 aliphatic heterocycles. The number of aliphatic hydroxyl groups excluding tert-OH is 3. The van der Waals surface area contributed by atoms with E-state index in [1.54, 1.807) is 17.1 Å². The van der Waals surface area contributed by atoms with Gasteiger partial charge in [-0.3, -0.25) is 9.59 Å². The van der Waals surface area contributed by atoms with Gasteiger partial charge in [0.25, 0.3) is 0 Å². The molecule has 4 heterocycles. The molecule has 2 fully saturated rings. The van der Waals surface area contributed by atoms with Crippen molar-refractivity contribution in [2.24, 2.45) is 11.8 Å². The fourth-order valence-corrected chi connectivity index (χ4v) is 7.77. The predicted molar refractivity (Wildman–Crippen MR) is 239 cm³/mol. The molecule has 0 radical (unpaired) electrons. The summed E-state index contributed by atoms with van der Waals surface area (Å²) in [6, 6.07) is 19.9. The van der Waals surface area contributed by atoms with E-state index in [4.69, 9.17) is 5.11 Å². The molecule has 0 spiro atoms. The number of aliphatic hydroxyl groups is 3. The number of hydrogen-bond acceptors (Lipinski definition) is 13. The first kappa shape index (κ1) is 45.5. The van der Waals surface area contributed by atoms with E-state index in [1.165, 1.54) is 0 Å². The molecule has 2 saturated carbocycles. The number of anilines is 2. The minimum Gasteiger partial charge on any atom is -0.394 e. The zero-order valence-electron chi connectivity index (χ0n) is 35.8. The van der Waals surface area contributed by atoms with Gasteiger partial charge in [-0.25, -0.2) is 19.3 Å². The fraction of sp³-hybridized carbons (Fsp3) is 0.467. The van der Waals surface area contributed by atoms with Crippen LogP contribution >= 0.6 is 0 Å². The summed E-state index contributed by atoms with van der Waals surface area (Å²) < 4.78 is 3.61. The molecule has 2 atom stereocenters. The topological polar surface area (TPSA) is 230 Å². The minimum absolute atomic E-state index is 0.00587. The molecule has 2 aliphatic carbocycles. The van der Waals surface area contributed by atoms with Gasteiger partial charge in [0.15, 0.2) is 11.6 Å². The lowest BCUT2D eigenvalue weighted by Crippen LogP contribution is -2.42. The summed E-state index contributed by atoms with van der Waals surface area (Å²) in [5.74, 6) is 2.46. The minimum atomic E-state index is -0.914. The number of carbonyl (C=O) groups excluding carboxylic acids is 2. The SMILES string of the molecule is CC.CCC(CO)NC(=O)C1CCC(Nc2nccc(-n3ncc4ccccc43)n2)CC1.O=C(NCC(O)CO)C1CCC(Nc2nccc(-n3ncc4ccccc43)n2)CC1. The van der Waals surface area contributed by atoms with Gasteiger partial charge < -0.3 is 36.6 Å². The monoisotopic (exact) mass is 848 g/mol. The number of carbonyl (C=O) groups is 2. The highest BCUT2D eigenvalue weighted by molar-refractivity contribution is 5.81. The quantitative estimate of drug-likeness (QED) is 0.0770. The number of hydrogen-bond donors (Lipinski definition) is 7. The summed E-state index contributed by atoms with van der Waals surface area (Å²) in [4.78, 5) is 42.6. The molecule has 2 amide bonds. The summed E-state index contributed by atoms with van der Waals surface area (Å²) in [6.45, 7) is 5.67. The lowest BCUT2D eigenvalue weighted by molar-refractivity contribution is -0.127. The molecule has 6 aromatic rings. The van der Waals surface area contributed by atoms with Crippen molar-refractivity contribution >= 4 is 45.5 Å². The van der Waals surface area contributed by atoms with E-state index in [0.29, 0.717) is 17.7 Å². The molecule has 17 heteroatoms. The van der Waals surface area contributed by atoms with E-state index >= 15 is 0 Å². The maximum atomic E-state index is 12.4. The van der Waals surface area contributed by atoms with Gasteiger partial charge in [-0.05, 0) is 69.9 Å². The summed E-state index contributed by atoms with van der Waals surface area (Å²) in [6.07, 6.45) is 13.5. The Morgan fingerprint density at radius 2 is 1.15 bits per heavy atom. The zero-order valence-corrected chi connectivity index (χ0v) is 35.8. The van der Waals surface area contributed by atoms with E-state index in [9.17, 15) is 19.8 Å². The summed E-state index contributed by atoms with van der Waals surface area (Å²) >= 11 is 0. The molecule has 330 valence electrons. The van der Waals surface area contributed by atoms with Crippen molar-refractivity contribution in [2.75, 3.05) is 30.4 Å². The number of nitrogens with zero attached hydrogens (tertiary/aromatic N) is 8. The maximum absolute atomic E-state index is 12.4. The van der Waals surface area contributed by atoms with Crippen molar-refractivity contribution in [3.8, 4) is 11.6 Å². The second-order valence-corrected chi connectivity index (χ2v) is 15.5. The van der Waals surface area contributed by atoms with Gasteiger partial charge in [0.1, 0.15) is 0 Å². The lowest BCUT2D eigenvalue weighted by atomic mass is 9.85. The fourth-order valence-electron chi connectivity index (χ4n) is 7.77. The number of nitrogens with one attached hydrogen (secondary N) is 4. The number of para-hydroxylation sites is 2. The van der Waals surface area contributed by atoms with Gasteiger partial charge >= 0.3 is 0 Å². The first-order chi connectivity index (χ1) is 30.3.